The molecule has 17 heavy (non-hydrogen) atoms. The van der Waals surface area contributed by atoms with Gasteiger partial charge in [0.05, 0.1) is 6.07 Å². The van der Waals surface area contributed by atoms with Gasteiger partial charge in [-0.15, -0.1) is 0 Å². The van der Waals surface area contributed by atoms with Crippen LogP contribution in [0, 0.1) is 29.0 Å². The van der Waals surface area contributed by atoms with Crippen LogP contribution in [0.5, 0.6) is 0 Å². The molecule has 1 atom stereocenters. The summed E-state index contributed by atoms with van der Waals surface area (Å²) in [5.74, 6) is -1.35. The van der Waals surface area contributed by atoms with Gasteiger partial charge in [0.1, 0.15) is 11.7 Å². The van der Waals surface area contributed by atoms with E-state index < -0.39 is 5.92 Å². The Labute approximate surface area is 100 Å². The van der Waals surface area contributed by atoms with Gasteiger partial charge in [-0.3, -0.25) is 4.79 Å². The maximum absolute atomic E-state index is 12.9. The Bertz CT molecular complexity index is 437. The molecule has 0 heterocycles. The van der Waals surface area contributed by atoms with Crippen LogP contribution in [0.4, 0.5) is 4.39 Å². The molecule has 3 nitrogen and oxygen atoms in total. The van der Waals surface area contributed by atoms with Gasteiger partial charge in [0.2, 0.25) is 5.91 Å². The monoisotopic (exact) mass is 234 g/mol. The second-order valence-corrected chi connectivity index (χ2v) is 4.20. The van der Waals surface area contributed by atoms with Gasteiger partial charge in [-0.1, -0.05) is 26.0 Å². The van der Waals surface area contributed by atoms with Gasteiger partial charge >= 0.3 is 0 Å². The number of nitrogens with zero attached hydrogens (tertiary/aromatic N) is 1. The maximum atomic E-state index is 12.9. The number of hydrogen-bond acceptors (Lipinski definition) is 2. The smallest absolute Gasteiger partial charge is 0.237 e. The van der Waals surface area contributed by atoms with Crippen LogP contribution >= 0.6 is 0 Å². The van der Waals surface area contributed by atoms with Crippen molar-refractivity contribution in [2.75, 3.05) is 0 Å². The lowest BCUT2D eigenvalue weighted by molar-refractivity contribution is -0.124. The van der Waals surface area contributed by atoms with Crippen molar-refractivity contribution in [1.82, 2.24) is 5.32 Å². The first-order valence-corrected chi connectivity index (χ1v) is 5.46. The molecule has 1 rings (SSSR count). The number of rotatable bonds is 4. The minimum Gasteiger partial charge on any atom is -0.351 e. The van der Waals surface area contributed by atoms with E-state index in [4.69, 9.17) is 5.26 Å². The Morgan fingerprint density at radius 1 is 1.53 bits per heavy atom. The fraction of sp³-hybridized carbons (Fsp3) is 0.385. The lowest BCUT2D eigenvalue weighted by atomic mass is 9.96. The molecular weight excluding hydrogens is 219 g/mol. The third-order valence-corrected chi connectivity index (χ3v) is 2.44. The number of nitriles is 1. The SMILES string of the molecule is CC(C)C(C#N)C(=O)NCc1cccc(F)c1. The van der Waals surface area contributed by atoms with Crippen molar-refractivity contribution in [2.45, 2.75) is 20.4 Å². The highest BCUT2D eigenvalue weighted by atomic mass is 19.1. The van der Waals surface area contributed by atoms with E-state index in [1.54, 1.807) is 12.1 Å². The number of carbonyl (C=O) groups is 1. The molecule has 0 bridgehead atoms. The van der Waals surface area contributed by atoms with E-state index in [-0.39, 0.29) is 24.2 Å². The van der Waals surface area contributed by atoms with Crippen molar-refractivity contribution in [1.29, 1.82) is 5.26 Å². The van der Waals surface area contributed by atoms with Crippen LogP contribution in [0.25, 0.3) is 0 Å². The zero-order valence-electron chi connectivity index (χ0n) is 9.90. The standard InChI is InChI=1S/C13H15FN2O/c1-9(2)12(7-15)13(17)16-8-10-4-3-5-11(14)6-10/h3-6,9,12H,8H2,1-2H3,(H,16,17). The van der Waals surface area contributed by atoms with E-state index in [2.05, 4.69) is 5.32 Å². The van der Waals surface area contributed by atoms with E-state index in [0.29, 0.717) is 5.56 Å². The minimum absolute atomic E-state index is 0.0347. The molecule has 1 unspecified atom stereocenters. The fourth-order valence-electron chi connectivity index (χ4n) is 1.46. The first-order valence-electron chi connectivity index (χ1n) is 5.46. The summed E-state index contributed by atoms with van der Waals surface area (Å²) in [6, 6.07) is 7.97. The van der Waals surface area contributed by atoms with Crippen molar-refractivity contribution >= 4 is 5.91 Å². The van der Waals surface area contributed by atoms with Gasteiger partial charge in [-0.2, -0.15) is 5.26 Å². The summed E-state index contributed by atoms with van der Waals surface area (Å²) in [6.07, 6.45) is 0. The zero-order chi connectivity index (χ0) is 12.8. The van der Waals surface area contributed by atoms with E-state index in [9.17, 15) is 9.18 Å². The van der Waals surface area contributed by atoms with Gasteiger partial charge in [0, 0.05) is 6.54 Å². The Balaban J connectivity index is 2.57. The fourth-order valence-corrected chi connectivity index (χ4v) is 1.46. The highest BCUT2D eigenvalue weighted by Gasteiger charge is 2.20. The summed E-state index contributed by atoms with van der Waals surface area (Å²) in [4.78, 5) is 11.6. The van der Waals surface area contributed by atoms with Crippen molar-refractivity contribution in [3.05, 3.63) is 35.6 Å². The quantitative estimate of drug-likeness (QED) is 0.868. The van der Waals surface area contributed by atoms with Crippen molar-refractivity contribution < 1.29 is 9.18 Å². The number of benzene rings is 1. The van der Waals surface area contributed by atoms with Crippen molar-refractivity contribution in [3.63, 3.8) is 0 Å². The summed E-state index contributed by atoms with van der Waals surface area (Å²) >= 11 is 0. The largest absolute Gasteiger partial charge is 0.351 e. The van der Waals surface area contributed by atoms with E-state index in [1.807, 2.05) is 19.9 Å². The van der Waals surface area contributed by atoms with E-state index in [0.717, 1.165) is 0 Å². The molecule has 0 aliphatic heterocycles. The summed E-state index contributed by atoms with van der Waals surface area (Å²) in [5, 5.41) is 11.5. The molecule has 4 heteroatoms. The van der Waals surface area contributed by atoms with Crippen LogP contribution in [-0.2, 0) is 11.3 Å². The molecule has 0 aromatic heterocycles. The molecular formula is C13H15FN2O. The molecule has 90 valence electrons. The summed E-state index contributed by atoms with van der Waals surface area (Å²) < 4.78 is 12.9. The van der Waals surface area contributed by atoms with Gasteiger partial charge in [-0.25, -0.2) is 4.39 Å². The molecule has 0 spiro atoms. The second kappa shape index (κ2) is 6.00. The molecule has 0 saturated carbocycles. The predicted molar refractivity (Wildman–Crippen MR) is 62.2 cm³/mol. The molecule has 1 amide bonds. The molecule has 1 aromatic rings. The van der Waals surface area contributed by atoms with Crippen molar-refractivity contribution in [3.8, 4) is 6.07 Å². The predicted octanol–water partition coefficient (Wildman–Crippen LogP) is 2.24. The number of carbonyl (C=O) groups excluding carboxylic acids is 1. The summed E-state index contributed by atoms with van der Waals surface area (Å²) in [6.45, 7) is 3.87. The minimum atomic E-state index is -0.663. The first-order chi connectivity index (χ1) is 8.04. The lowest BCUT2D eigenvalue weighted by Crippen LogP contribution is -2.32. The molecule has 0 aliphatic carbocycles. The van der Waals surface area contributed by atoms with Gasteiger partial charge in [-0.05, 0) is 23.6 Å². The average molecular weight is 234 g/mol. The molecule has 0 aliphatic rings. The number of nitrogens with one attached hydrogen (secondary N) is 1. The molecule has 0 saturated heterocycles. The van der Waals surface area contributed by atoms with E-state index >= 15 is 0 Å². The zero-order valence-corrected chi connectivity index (χ0v) is 9.90. The second-order valence-electron chi connectivity index (χ2n) is 4.20. The normalized spacial score (nSPS) is 11.9. The topological polar surface area (TPSA) is 52.9 Å². The third kappa shape index (κ3) is 3.87. The highest BCUT2D eigenvalue weighted by Crippen LogP contribution is 2.10. The summed E-state index contributed by atoms with van der Waals surface area (Å²) in [5.41, 5.74) is 0.679. The van der Waals surface area contributed by atoms with Gasteiger partial charge < -0.3 is 5.32 Å². The van der Waals surface area contributed by atoms with Crippen LogP contribution in [0.2, 0.25) is 0 Å². The molecule has 0 fully saturated rings. The van der Waals surface area contributed by atoms with Crippen LogP contribution < -0.4 is 5.32 Å². The number of hydrogen-bond donors (Lipinski definition) is 1. The average Bonchev–Trinajstić information content (AvgIpc) is 2.27. The van der Waals surface area contributed by atoms with Crippen LogP contribution in [0.3, 0.4) is 0 Å². The third-order valence-electron chi connectivity index (χ3n) is 2.44. The first kappa shape index (κ1) is 13.2. The Morgan fingerprint density at radius 2 is 2.24 bits per heavy atom. The summed E-state index contributed by atoms with van der Waals surface area (Å²) in [7, 11) is 0. The van der Waals surface area contributed by atoms with Crippen molar-refractivity contribution in [2.24, 2.45) is 11.8 Å². The number of halogens is 1. The van der Waals surface area contributed by atoms with Crippen LogP contribution in [-0.4, -0.2) is 5.91 Å². The maximum Gasteiger partial charge on any atom is 0.237 e. The van der Waals surface area contributed by atoms with E-state index in [1.165, 1.54) is 12.1 Å². The lowest BCUT2D eigenvalue weighted by Gasteiger charge is -2.13. The Hall–Kier alpha value is -1.89. The highest BCUT2D eigenvalue weighted by molar-refractivity contribution is 5.81. The Morgan fingerprint density at radius 3 is 2.76 bits per heavy atom. The number of amides is 1. The van der Waals surface area contributed by atoms with Crippen LogP contribution in [0.1, 0.15) is 19.4 Å². The van der Waals surface area contributed by atoms with Gasteiger partial charge in [0.15, 0.2) is 0 Å². The van der Waals surface area contributed by atoms with Gasteiger partial charge in [0.25, 0.3) is 0 Å². The molecule has 1 aromatic carbocycles. The molecule has 1 N–H and O–H groups in total. The molecule has 0 radical (unpaired) electrons. The Kier molecular flexibility index (Phi) is 4.65. The van der Waals surface area contributed by atoms with Crippen LogP contribution in [0.15, 0.2) is 24.3 Å².